The van der Waals surface area contributed by atoms with E-state index >= 15 is 0 Å². The molecule has 0 aliphatic carbocycles. The highest BCUT2D eigenvalue weighted by Crippen LogP contribution is 2.31. The number of hydrogen-bond donors (Lipinski definition) is 1. The van der Waals surface area contributed by atoms with Crippen LogP contribution < -0.4 is 5.32 Å². The van der Waals surface area contributed by atoms with Crippen LogP contribution in [0.1, 0.15) is 24.6 Å². The Morgan fingerprint density at radius 1 is 1.67 bits per heavy atom. The van der Waals surface area contributed by atoms with E-state index in [9.17, 15) is 4.79 Å². The molecule has 0 spiro atoms. The molecule has 1 aromatic rings. The smallest absolute Gasteiger partial charge is 0.318 e. The van der Waals surface area contributed by atoms with Crippen molar-refractivity contribution in [2.45, 2.75) is 18.9 Å². The molecule has 5 heteroatoms. The molecule has 1 aromatic heterocycles. The van der Waals surface area contributed by atoms with E-state index in [0.29, 0.717) is 6.54 Å². The van der Waals surface area contributed by atoms with Crippen LogP contribution in [0.2, 0.25) is 0 Å². The Kier molecular flexibility index (Phi) is 4.11. The van der Waals surface area contributed by atoms with Gasteiger partial charge in [0.05, 0.1) is 12.6 Å². The summed E-state index contributed by atoms with van der Waals surface area (Å²) in [7, 11) is 2.02. The molecule has 1 atom stereocenters. The van der Waals surface area contributed by atoms with Gasteiger partial charge >= 0.3 is 6.03 Å². The number of halogens is 1. The first-order valence-electron chi connectivity index (χ1n) is 6.08. The van der Waals surface area contributed by atoms with Gasteiger partial charge in [-0.1, -0.05) is 22.5 Å². The molecule has 0 radical (unpaired) electrons. The van der Waals surface area contributed by atoms with Crippen molar-refractivity contribution in [1.29, 1.82) is 0 Å². The fourth-order valence-corrected chi connectivity index (χ4v) is 2.55. The molecule has 1 N–H and O–H groups in total. The van der Waals surface area contributed by atoms with Crippen LogP contribution in [0.3, 0.4) is 0 Å². The van der Waals surface area contributed by atoms with E-state index in [2.05, 4.69) is 38.5 Å². The molecule has 98 valence electrons. The van der Waals surface area contributed by atoms with Gasteiger partial charge in [0.25, 0.3) is 0 Å². The van der Waals surface area contributed by atoms with Crippen LogP contribution >= 0.6 is 15.9 Å². The van der Waals surface area contributed by atoms with Gasteiger partial charge in [0.1, 0.15) is 0 Å². The quantitative estimate of drug-likeness (QED) is 0.915. The van der Waals surface area contributed by atoms with Gasteiger partial charge in [-0.25, -0.2) is 4.79 Å². The fraction of sp³-hybridized carbons (Fsp3) is 0.462. The number of hydrogen-bond acceptors (Lipinski definition) is 1. The number of rotatable bonds is 3. The van der Waals surface area contributed by atoms with Gasteiger partial charge in [0.2, 0.25) is 0 Å². The molecular weight excluding hydrogens is 294 g/mol. The van der Waals surface area contributed by atoms with Crippen LogP contribution in [-0.2, 0) is 7.05 Å². The second kappa shape index (κ2) is 5.61. The molecule has 2 amide bonds. The van der Waals surface area contributed by atoms with E-state index in [1.54, 1.807) is 0 Å². The molecular formula is C13H18BrN3O. The van der Waals surface area contributed by atoms with Crippen LogP contribution in [0.15, 0.2) is 29.4 Å². The SMILES string of the molecule is C=C(Br)CNC(=O)N1CCCC1c1cccn1C. The third-order valence-corrected chi connectivity index (χ3v) is 3.55. The van der Waals surface area contributed by atoms with Gasteiger partial charge in [0, 0.05) is 30.0 Å². The first-order chi connectivity index (χ1) is 8.59. The summed E-state index contributed by atoms with van der Waals surface area (Å²) in [5, 5.41) is 2.87. The van der Waals surface area contributed by atoms with Crippen molar-refractivity contribution in [2.24, 2.45) is 7.05 Å². The number of nitrogens with one attached hydrogen (secondary N) is 1. The monoisotopic (exact) mass is 311 g/mol. The number of aryl methyl sites for hydroxylation is 1. The summed E-state index contributed by atoms with van der Waals surface area (Å²) in [5.41, 5.74) is 1.19. The Hall–Kier alpha value is -1.23. The molecule has 4 nitrogen and oxygen atoms in total. The van der Waals surface area contributed by atoms with Crippen LogP contribution in [0.5, 0.6) is 0 Å². The lowest BCUT2D eigenvalue weighted by Gasteiger charge is -2.25. The average molecular weight is 312 g/mol. The first-order valence-corrected chi connectivity index (χ1v) is 6.88. The Labute approximate surface area is 116 Å². The van der Waals surface area contributed by atoms with Gasteiger partial charge in [-0.05, 0) is 25.0 Å². The molecule has 0 saturated carbocycles. The summed E-state index contributed by atoms with van der Waals surface area (Å²) in [6.45, 7) is 5.00. The van der Waals surface area contributed by atoms with E-state index in [1.807, 2.05) is 24.2 Å². The predicted molar refractivity (Wildman–Crippen MR) is 75.6 cm³/mol. The molecule has 1 unspecified atom stereocenters. The number of urea groups is 1. The molecule has 1 fully saturated rings. The summed E-state index contributed by atoms with van der Waals surface area (Å²) < 4.78 is 2.87. The number of nitrogens with zero attached hydrogens (tertiary/aromatic N) is 2. The number of amides is 2. The molecule has 1 saturated heterocycles. The van der Waals surface area contributed by atoms with E-state index in [0.717, 1.165) is 23.9 Å². The van der Waals surface area contributed by atoms with Crippen molar-refractivity contribution in [3.8, 4) is 0 Å². The highest BCUT2D eigenvalue weighted by molar-refractivity contribution is 9.11. The Morgan fingerprint density at radius 3 is 3.06 bits per heavy atom. The third kappa shape index (κ3) is 2.77. The molecule has 1 aliphatic rings. The Morgan fingerprint density at radius 2 is 2.44 bits per heavy atom. The zero-order valence-corrected chi connectivity index (χ0v) is 12.1. The molecule has 0 aromatic carbocycles. The number of aromatic nitrogens is 1. The summed E-state index contributed by atoms with van der Waals surface area (Å²) in [6.07, 6.45) is 4.10. The van der Waals surface area contributed by atoms with Gasteiger partial charge in [-0.15, -0.1) is 0 Å². The summed E-state index contributed by atoms with van der Waals surface area (Å²) in [5.74, 6) is 0. The molecule has 2 heterocycles. The van der Waals surface area contributed by atoms with E-state index < -0.39 is 0 Å². The zero-order valence-electron chi connectivity index (χ0n) is 10.5. The lowest BCUT2D eigenvalue weighted by molar-refractivity contribution is 0.192. The van der Waals surface area contributed by atoms with E-state index in [4.69, 9.17) is 0 Å². The number of likely N-dealkylation sites (tertiary alicyclic amines) is 1. The summed E-state index contributed by atoms with van der Waals surface area (Å²) in [4.78, 5) is 14.0. The van der Waals surface area contributed by atoms with Crippen LogP contribution in [0, 0.1) is 0 Å². The van der Waals surface area contributed by atoms with E-state index in [-0.39, 0.29) is 12.1 Å². The first kappa shape index (κ1) is 13.2. The standard InChI is InChI=1S/C13H18BrN3O/c1-10(14)9-15-13(18)17-8-4-6-12(17)11-5-3-7-16(11)2/h3,5,7,12H,1,4,6,8-9H2,2H3,(H,15,18). The highest BCUT2D eigenvalue weighted by atomic mass is 79.9. The minimum atomic E-state index is -0.0145. The maximum atomic E-state index is 12.1. The van der Waals surface area contributed by atoms with E-state index in [1.165, 1.54) is 5.69 Å². The van der Waals surface area contributed by atoms with Crippen LogP contribution in [-0.4, -0.2) is 28.6 Å². The maximum Gasteiger partial charge on any atom is 0.318 e. The lowest BCUT2D eigenvalue weighted by Crippen LogP contribution is -2.40. The average Bonchev–Trinajstić information content (AvgIpc) is 2.93. The zero-order chi connectivity index (χ0) is 13.1. The minimum Gasteiger partial charge on any atom is -0.353 e. The van der Waals surface area contributed by atoms with Crippen LogP contribution in [0.25, 0.3) is 0 Å². The van der Waals surface area contributed by atoms with Gasteiger partial charge in [0.15, 0.2) is 0 Å². The fourth-order valence-electron chi connectivity index (χ4n) is 2.41. The van der Waals surface area contributed by atoms with Crippen molar-refractivity contribution in [1.82, 2.24) is 14.8 Å². The second-order valence-electron chi connectivity index (χ2n) is 4.57. The van der Waals surface area contributed by atoms with Crippen LogP contribution in [0.4, 0.5) is 4.79 Å². The number of carbonyl (C=O) groups excluding carboxylic acids is 1. The second-order valence-corrected chi connectivity index (χ2v) is 5.69. The largest absolute Gasteiger partial charge is 0.353 e. The molecule has 0 bridgehead atoms. The Balaban J connectivity index is 2.06. The predicted octanol–water partition coefficient (Wildman–Crippen LogP) is 2.78. The minimum absolute atomic E-state index is 0.0145. The maximum absolute atomic E-state index is 12.1. The Bertz CT molecular complexity index is 455. The van der Waals surface area contributed by atoms with Gasteiger partial charge in [-0.2, -0.15) is 0 Å². The third-order valence-electron chi connectivity index (χ3n) is 3.27. The van der Waals surface area contributed by atoms with Gasteiger partial charge < -0.3 is 14.8 Å². The van der Waals surface area contributed by atoms with Gasteiger partial charge in [-0.3, -0.25) is 0 Å². The molecule has 18 heavy (non-hydrogen) atoms. The van der Waals surface area contributed by atoms with Crippen molar-refractivity contribution in [3.05, 3.63) is 35.1 Å². The van der Waals surface area contributed by atoms with Crippen molar-refractivity contribution in [3.63, 3.8) is 0 Å². The topological polar surface area (TPSA) is 37.3 Å². The molecule has 2 rings (SSSR count). The summed E-state index contributed by atoms with van der Waals surface area (Å²) >= 11 is 3.25. The molecule has 1 aliphatic heterocycles. The van der Waals surface area contributed by atoms with Crippen molar-refractivity contribution in [2.75, 3.05) is 13.1 Å². The summed E-state index contributed by atoms with van der Waals surface area (Å²) in [6, 6.07) is 4.27. The normalized spacial score (nSPS) is 19.0. The number of carbonyl (C=O) groups is 1. The van der Waals surface area contributed by atoms with Crippen molar-refractivity contribution >= 4 is 22.0 Å². The highest BCUT2D eigenvalue weighted by Gasteiger charge is 2.30. The lowest BCUT2D eigenvalue weighted by atomic mass is 10.1. The van der Waals surface area contributed by atoms with Crippen molar-refractivity contribution < 1.29 is 4.79 Å².